The van der Waals surface area contributed by atoms with E-state index in [0.717, 1.165) is 17.3 Å². The number of nitrogens with zero attached hydrogens (tertiary/aromatic N) is 4. The Morgan fingerprint density at radius 3 is 2.76 bits per heavy atom. The van der Waals surface area contributed by atoms with Gasteiger partial charge in [0.05, 0.1) is 11.9 Å². The zero-order chi connectivity index (χ0) is 11.7. The van der Waals surface area contributed by atoms with Gasteiger partial charge >= 0.3 is 0 Å². The van der Waals surface area contributed by atoms with E-state index in [2.05, 4.69) is 32.2 Å². The van der Waals surface area contributed by atoms with Crippen molar-refractivity contribution in [2.24, 2.45) is 5.92 Å². The Kier molecular flexibility index (Phi) is 2.44. The van der Waals surface area contributed by atoms with Gasteiger partial charge < -0.3 is 5.32 Å². The maximum atomic E-state index is 4.43. The molecule has 5 heteroatoms. The Morgan fingerprint density at radius 1 is 1.18 bits per heavy atom. The van der Waals surface area contributed by atoms with E-state index in [1.165, 1.54) is 6.42 Å². The lowest BCUT2D eigenvalue weighted by molar-refractivity contribution is 0.914. The molecule has 2 heterocycles. The third-order valence-electron chi connectivity index (χ3n) is 2.91. The molecule has 0 bridgehead atoms. The smallest absolute Gasteiger partial charge is 0.223 e. The maximum absolute atomic E-state index is 4.43. The van der Waals surface area contributed by atoms with Crippen molar-refractivity contribution in [2.75, 3.05) is 5.32 Å². The normalized spacial score (nSPS) is 22.2. The van der Waals surface area contributed by atoms with Gasteiger partial charge in [0.25, 0.3) is 0 Å². The van der Waals surface area contributed by atoms with Gasteiger partial charge in [0.1, 0.15) is 5.69 Å². The van der Waals surface area contributed by atoms with Crippen LogP contribution in [0, 0.1) is 5.92 Å². The summed E-state index contributed by atoms with van der Waals surface area (Å²) in [5.74, 6) is 1.39. The molecule has 1 fully saturated rings. The summed E-state index contributed by atoms with van der Waals surface area (Å²) >= 11 is 0. The van der Waals surface area contributed by atoms with Crippen LogP contribution in [0.15, 0.2) is 30.9 Å². The predicted molar refractivity (Wildman–Crippen MR) is 64.2 cm³/mol. The van der Waals surface area contributed by atoms with Crippen molar-refractivity contribution in [3.8, 4) is 11.4 Å². The molecule has 1 aliphatic rings. The summed E-state index contributed by atoms with van der Waals surface area (Å²) in [7, 11) is 0. The largest absolute Gasteiger partial charge is 0.351 e. The third kappa shape index (κ3) is 2.22. The van der Waals surface area contributed by atoms with Gasteiger partial charge in [-0.1, -0.05) is 6.92 Å². The fourth-order valence-electron chi connectivity index (χ4n) is 1.69. The molecule has 2 aromatic heterocycles. The van der Waals surface area contributed by atoms with Crippen molar-refractivity contribution in [3.05, 3.63) is 30.9 Å². The minimum atomic E-state index is 0.520. The standard InChI is InChI=1S/C12H13N5/c1-8-6-10(8)17-12-15-3-2-9(16-12)11-7-13-4-5-14-11/h2-5,7-8,10H,6H2,1H3,(H,15,16,17). The second kappa shape index (κ2) is 4.08. The van der Waals surface area contributed by atoms with Gasteiger partial charge in [-0.25, -0.2) is 9.97 Å². The summed E-state index contributed by atoms with van der Waals surface area (Å²) in [5.41, 5.74) is 1.56. The Balaban J connectivity index is 1.84. The highest BCUT2D eigenvalue weighted by Crippen LogP contribution is 2.31. The molecule has 0 spiro atoms. The van der Waals surface area contributed by atoms with E-state index in [-0.39, 0.29) is 0 Å². The Morgan fingerprint density at radius 2 is 2.06 bits per heavy atom. The average Bonchev–Trinajstić information content (AvgIpc) is 3.06. The molecule has 0 saturated heterocycles. The monoisotopic (exact) mass is 227 g/mol. The molecule has 17 heavy (non-hydrogen) atoms. The molecule has 0 radical (unpaired) electrons. The van der Waals surface area contributed by atoms with E-state index in [0.29, 0.717) is 12.0 Å². The summed E-state index contributed by atoms with van der Waals surface area (Å²) in [6.07, 6.45) is 7.94. The van der Waals surface area contributed by atoms with Crippen LogP contribution in [0.2, 0.25) is 0 Å². The van der Waals surface area contributed by atoms with E-state index in [1.807, 2.05) is 6.07 Å². The lowest BCUT2D eigenvalue weighted by Crippen LogP contribution is -2.07. The van der Waals surface area contributed by atoms with Crippen molar-refractivity contribution in [1.82, 2.24) is 19.9 Å². The fraction of sp³-hybridized carbons (Fsp3) is 0.333. The average molecular weight is 227 g/mol. The van der Waals surface area contributed by atoms with Gasteiger partial charge in [-0.3, -0.25) is 9.97 Å². The van der Waals surface area contributed by atoms with Crippen LogP contribution < -0.4 is 5.32 Å². The summed E-state index contributed by atoms with van der Waals surface area (Å²) in [6, 6.07) is 2.36. The molecule has 0 aromatic carbocycles. The molecule has 5 nitrogen and oxygen atoms in total. The minimum absolute atomic E-state index is 0.520. The van der Waals surface area contributed by atoms with Gasteiger partial charge in [-0.05, 0) is 18.4 Å². The quantitative estimate of drug-likeness (QED) is 0.865. The van der Waals surface area contributed by atoms with E-state index in [9.17, 15) is 0 Å². The topological polar surface area (TPSA) is 63.6 Å². The number of hydrogen-bond acceptors (Lipinski definition) is 5. The highest BCUT2D eigenvalue weighted by atomic mass is 15.1. The molecule has 1 N–H and O–H groups in total. The van der Waals surface area contributed by atoms with Crippen LogP contribution in [-0.2, 0) is 0 Å². The molecule has 2 aromatic rings. The minimum Gasteiger partial charge on any atom is -0.351 e. The van der Waals surface area contributed by atoms with Gasteiger partial charge in [0.2, 0.25) is 5.95 Å². The highest BCUT2D eigenvalue weighted by molar-refractivity contribution is 5.53. The van der Waals surface area contributed by atoms with Crippen LogP contribution >= 0.6 is 0 Å². The Hall–Kier alpha value is -2.04. The van der Waals surface area contributed by atoms with E-state index in [1.54, 1.807) is 24.8 Å². The molecule has 86 valence electrons. The van der Waals surface area contributed by atoms with Crippen LogP contribution in [-0.4, -0.2) is 26.0 Å². The lowest BCUT2D eigenvalue weighted by Gasteiger charge is -2.04. The summed E-state index contributed by atoms with van der Waals surface area (Å²) in [4.78, 5) is 16.9. The summed E-state index contributed by atoms with van der Waals surface area (Å²) in [5, 5.41) is 3.31. The van der Waals surface area contributed by atoms with Crippen molar-refractivity contribution < 1.29 is 0 Å². The fourth-order valence-corrected chi connectivity index (χ4v) is 1.69. The molecule has 0 aliphatic heterocycles. The first-order valence-corrected chi connectivity index (χ1v) is 5.69. The van der Waals surface area contributed by atoms with Gasteiger partial charge in [0.15, 0.2) is 0 Å². The van der Waals surface area contributed by atoms with Crippen LogP contribution in [0.5, 0.6) is 0 Å². The van der Waals surface area contributed by atoms with E-state index < -0.39 is 0 Å². The lowest BCUT2D eigenvalue weighted by atomic mass is 10.3. The Bertz CT molecular complexity index is 513. The van der Waals surface area contributed by atoms with Crippen molar-refractivity contribution >= 4 is 5.95 Å². The predicted octanol–water partition coefficient (Wildman–Crippen LogP) is 1.75. The number of hydrogen-bond donors (Lipinski definition) is 1. The second-order valence-electron chi connectivity index (χ2n) is 4.32. The van der Waals surface area contributed by atoms with Crippen molar-refractivity contribution in [1.29, 1.82) is 0 Å². The van der Waals surface area contributed by atoms with Gasteiger partial charge in [0, 0.05) is 24.6 Å². The summed E-state index contributed by atoms with van der Waals surface area (Å²) < 4.78 is 0. The first-order chi connectivity index (χ1) is 8.33. The molecule has 0 amide bonds. The number of anilines is 1. The van der Waals surface area contributed by atoms with Gasteiger partial charge in [-0.15, -0.1) is 0 Å². The van der Waals surface area contributed by atoms with Crippen LogP contribution in [0.1, 0.15) is 13.3 Å². The van der Waals surface area contributed by atoms with Crippen molar-refractivity contribution in [3.63, 3.8) is 0 Å². The third-order valence-corrected chi connectivity index (χ3v) is 2.91. The Labute approximate surface area is 99.4 Å². The van der Waals surface area contributed by atoms with Crippen molar-refractivity contribution in [2.45, 2.75) is 19.4 Å². The molecular formula is C12H13N5. The van der Waals surface area contributed by atoms with E-state index in [4.69, 9.17) is 0 Å². The second-order valence-corrected chi connectivity index (χ2v) is 4.32. The highest BCUT2D eigenvalue weighted by Gasteiger charge is 2.32. The number of aromatic nitrogens is 4. The zero-order valence-electron chi connectivity index (χ0n) is 9.54. The van der Waals surface area contributed by atoms with E-state index >= 15 is 0 Å². The van der Waals surface area contributed by atoms with Crippen LogP contribution in [0.25, 0.3) is 11.4 Å². The molecule has 2 unspecified atom stereocenters. The van der Waals surface area contributed by atoms with Gasteiger partial charge in [-0.2, -0.15) is 0 Å². The maximum Gasteiger partial charge on any atom is 0.223 e. The molecule has 1 saturated carbocycles. The number of nitrogens with one attached hydrogen (secondary N) is 1. The van der Waals surface area contributed by atoms with Crippen LogP contribution in [0.3, 0.4) is 0 Å². The molecule has 2 atom stereocenters. The number of rotatable bonds is 3. The zero-order valence-corrected chi connectivity index (χ0v) is 9.54. The molecule has 3 rings (SSSR count). The first-order valence-electron chi connectivity index (χ1n) is 5.69. The molecular weight excluding hydrogens is 214 g/mol. The van der Waals surface area contributed by atoms with Crippen LogP contribution in [0.4, 0.5) is 5.95 Å². The summed E-state index contributed by atoms with van der Waals surface area (Å²) in [6.45, 7) is 2.21. The SMILES string of the molecule is CC1CC1Nc1nccc(-c2cnccn2)n1. The first kappa shape index (κ1) is 10.1. The molecule has 1 aliphatic carbocycles.